The predicted molar refractivity (Wildman–Crippen MR) is 76.0 cm³/mol. The summed E-state index contributed by atoms with van der Waals surface area (Å²) in [6.45, 7) is 4.93. The van der Waals surface area contributed by atoms with Gasteiger partial charge < -0.3 is 16.2 Å². The molecule has 1 aromatic heterocycles. The van der Waals surface area contributed by atoms with Gasteiger partial charge in [-0.3, -0.25) is 4.79 Å². The lowest BCUT2D eigenvalue weighted by Crippen LogP contribution is -2.16. The number of hydrogen-bond donors (Lipinski definition) is 2. The van der Waals surface area contributed by atoms with Crippen molar-refractivity contribution in [2.24, 2.45) is 11.7 Å². The van der Waals surface area contributed by atoms with Crippen molar-refractivity contribution in [1.82, 2.24) is 4.98 Å². The van der Waals surface area contributed by atoms with Gasteiger partial charge in [-0.2, -0.15) is 0 Å². The van der Waals surface area contributed by atoms with E-state index in [1.807, 2.05) is 0 Å². The van der Waals surface area contributed by atoms with Gasteiger partial charge >= 0.3 is 0 Å². The van der Waals surface area contributed by atoms with E-state index in [1.165, 1.54) is 25.1 Å². The highest BCUT2D eigenvalue weighted by atomic mass is 16.5. The van der Waals surface area contributed by atoms with Gasteiger partial charge in [-0.1, -0.05) is 33.1 Å². The SMILES string of the molecule is CCCCC(CC)COc1cc(C(N)=O)c(N)cn1. The van der Waals surface area contributed by atoms with E-state index in [1.54, 1.807) is 0 Å². The fraction of sp³-hybridized carbons (Fsp3) is 0.571. The monoisotopic (exact) mass is 265 g/mol. The number of hydrogen-bond acceptors (Lipinski definition) is 4. The van der Waals surface area contributed by atoms with Gasteiger partial charge in [-0.05, 0) is 12.3 Å². The molecule has 4 N–H and O–H groups in total. The molecule has 1 unspecified atom stereocenters. The van der Waals surface area contributed by atoms with Gasteiger partial charge in [0.1, 0.15) is 0 Å². The second-order valence-electron chi connectivity index (χ2n) is 4.70. The van der Waals surface area contributed by atoms with E-state index < -0.39 is 5.91 Å². The zero-order valence-corrected chi connectivity index (χ0v) is 11.7. The minimum absolute atomic E-state index is 0.256. The van der Waals surface area contributed by atoms with E-state index in [9.17, 15) is 4.79 Å². The molecule has 1 aromatic rings. The van der Waals surface area contributed by atoms with E-state index in [0.717, 1.165) is 12.8 Å². The van der Waals surface area contributed by atoms with Crippen LogP contribution in [0, 0.1) is 5.92 Å². The van der Waals surface area contributed by atoms with Crippen LogP contribution in [0.3, 0.4) is 0 Å². The van der Waals surface area contributed by atoms with Gasteiger partial charge in [-0.25, -0.2) is 4.98 Å². The Morgan fingerprint density at radius 3 is 2.79 bits per heavy atom. The van der Waals surface area contributed by atoms with E-state index in [0.29, 0.717) is 18.4 Å². The number of pyridine rings is 1. The summed E-state index contributed by atoms with van der Waals surface area (Å²) in [6, 6.07) is 1.50. The van der Waals surface area contributed by atoms with Crippen LogP contribution in [0.1, 0.15) is 49.9 Å². The molecule has 0 saturated carbocycles. The number of aromatic nitrogens is 1. The van der Waals surface area contributed by atoms with Crippen LogP contribution < -0.4 is 16.2 Å². The van der Waals surface area contributed by atoms with Crippen LogP contribution in [-0.4, -0.2) is 17.5 Å². The second-order valence-corrected chi connectivity index (χ2v) is 4.70. The molecule has 1 atom stereocenters. The lowest BCUT2D eigenvalue weighted by Gasteiger charge is -2.15. The quantitative estimate of drug-likeness (QED) is 0.754. The first-order chi connectivity index (χ1) is 9.08. The van der Waals surface area contributed by atoms with Crippen molar-refractivity contribution in [3.63, 3.8) is 0 Å². The molecule has 5 nitrogen and oxygen atoms in total. The molecule has 0 spiro atoms. The maximum absolute atomic E-state index is 11.2. The first-order valence-corrected chi connectivity index (χ1v) is 6.76. The first-order valence-electron chi connectivity index (χ1n) is 6.76. The van der Waals surface area contributed by atoms with Crippen molar-refractivity contribution < 1.29 is 9.53 Å². The van der Waals surface area contributed by atoms with Crippen molar-refractivity contribution in [2.75, 3.05) is 12.3 Å². The number of anilines is 1. The third-order valence-corrected chi connectivity index (χ3v) is 3.19. The number of primary amides is 1. The van der Waals surface area contributed by atoms with Gasteiger partial charge in [0.15, 0.2) is 0 Å². The Morgan fingerprint density at radius 2 is 2.21 bits per heavy atom. The van der Waals surface area contributed by atoms with Gasteiger partial charge in [-0.15, -0.1) is 0 Å². The molecule has 0 aromatic carbocycles. The van der Waals surface area contributed by atoms with Crippen molar-refractivity contribution in [1.29, 1.82) is 0 Å². The number of carbonyl (C=O) groups is 1. The molecule has 1 heterocycles. The highest BCUT2D eigenvalue weighted by molar-refractivity contribution is 5.97. The number of ether oxygens (including phenoxy) is 1. The lowest BCUT2D eigenvalue weighted by atomic mass is 10.0. The average Bonchev–Trinajstić information content (AvgIpc) is 2.40. The van der Waals surface area contributed by atoms with Crippen LogP contribution in [0.15, 0.2) is 12.3 Å². The third kappa shape index (κ3) is 4.77. The van der Waals surface area contributed by atoms with E-state index in [2.05, 4.69) is 18.8 Å². The molecule has 0 radical (unpaired) electrons. The smallest absolute Gasteiger partial charge is 0.251 e. The number of unbranched alkanes of at least 4 members (excludes halogenated alkanes) is 1. The molecule has 0 aliphatic rings. The summed E-state index contributed by atoms with van der Waals surface area (Å²) in [5.41, 5.74) is 11.4. The summed E-state index contributed by atoms with van der Waals surface area (Å²) >= 11 is 0. The molecule has 1 amide bonds. The molecule has 0 aliphatic carbocycles. The third-order valence-electron chi connectivity index (χ3n) is 3.19. The summed E-state index contributed by atoms with van der Waals surface area (Å²) < 4.78 is 5.63. The van der Waals surface area contributed by atoms with Crippen LogP contribution in [0.5, 0.6) is 5.88 Å². The molecule has 0 aliphatic heterocycles. The normalized spacial score (nSPS) is 12.1. The largest absolute Gasteiger partial charge is 0.477 e. The van der Waals surface area contributed by atoms with E-state index >= 15 is 0 Å². The number of amides is 1. The zero-order valence-electron chi connectivity index (χ0n) is 11.7. The van der Waals surface area contributed by atoms with Gasteiger partial charge in [0.25, 0.3) is 5.91 Å². The Bertz CT molecular complexity index is 421. The average molecular weight is 265 g/mol. The maximum atomic E-state index is 11.2. The fourth-order valence-electron chi connectivity index (χ4n) is 1.84. The minimum Gasteiger partial charge on any atom is -0.477 e. The lowest BCUT2D eigenvalue weighted by molar-refractivity contribution is 0.100. The fourth-order valence-corrected chi connectivity index (χ4v) is 1.84. The van der Waals surface area contributed by atoms with Gasteiger partial charge in [0.05, 0.1) is 24.1 Å². The maximum Gasteiger partial charge on any atom is 0.251 e. The summed E-state index contributed by atoms with van der Waals surface area (Å²) in [4.78, 5) is 15.2. The Balaban J connectivity index is 2.61. The highest BCUT2D eigenvalue weighted by Gasteiger charge is 2.11. The zero-order chi connectivity index (χ0) is 14.3. The molecule has 106 valence electrons. The molecule has 1 rings (SSSR count). The van der Waals surface area contributed by atoms with Crippen LogP contribution >= 0.6 is 0 Å². The summed E-state index contributed by atoms with van der Waals surface area (Å²) in [5, 5.41) is 0. The molecule has 0 fully saturated rings. The number of nitrogens with two attached hydrogens (primary N) is 2. The Kier molecular flexibility index (Phi) is 6.12. The molecule has 5 heteroatoms. The van der Waals surface area contributed by atoms with Crippen molar-refractivity contribution >= 4 is 11.6 Å². The van der Waals surface area contributed by atoms with E-state index in [-0.39, 0.29) is 11.3 Å². The summed E-state index contributed by atoms with van der Waals surface area (Å²) in [7, 11) is 0. The Morgan fingerprint density at radius 1 is 1.47 bits per heavy atom. The molecule has 0 bridgehead atoms. The van der Waals surface area contributed by atoms with Crippen LogP contribution in [0.25, 0.3) is 0 Å². The Hall–Kier alpha value is -1.78. The second kappa shape index (κ2) is 7.61. The Labute approximate surface area is 114 Å². The van der Waals surface area contributed by atoms with Crippen molar-refractivity contribution in [2.45, 2.75) is 39.5 Å². The number of rotatable bonds is 8. The van der Waals surface area contributed by atoms with Crippen molar-refractivity contribution in [3.05, 3.63) is 17.8 Å². The molecular weight excluding hydrogens is 242 g/mol. The van der Waals surface area contributed by atoms with Crippen LogP contribution in [0.2, 0.25) is 0 Å². The van der Waals surface area contributed by atoms with Gasteiger partial charge in [0, 0.05) is 6.07 Å². The topological polar surface area (TPSA) is 91.2 Å². The summed E-state index contributed by atoms with van der Waals surface area (Å²) in [5.74, 6) is 0.344. The highest BCUT2D eigenvalue weighted by Crippen LogP contribution is 2.18. The van der Waals surface area contributed by atoms with Crippen LogP contribution in [-0.2, 0) is 0 Å². The van der Waals surface area contributed by atoms with Crippen LogP contribution in [0.4, 0.5) is 5.69 Å². The first kappa shape index (κ1) is 15.3. The summed E-state index contributed by atoms with van der Waals surface area (Å²) in [6.07, 6.45) is 6.00. The number of carbonyl (C=O) groups excluding carboxylic acids is 1. The molecular formula is C14H23N3O2. The van der Waals surface area contributed by atoms with Gasteiger partial charge in [0.2, 0.25) is 5.88 Å². The predicted octanol–water partition coefficient (Wildman–Crippen LogP) is 2.36. The van der Waals surface area contributed by atoms with Crippen molar-refractivity contribution in [3.8, 4) is 5.88 Å². The number of nitrogens with zero attached hydrogens (tertiary/aromatic N) is 1. The molecule has 19 heavy (non-hydrogen) atoms. The van der Waals surface area contributed by atoms with E-state index in [4.69, 9.17) is 16.2 Å². The molecule has 0 saturated heterocycles. The number of nitrogen functional groups attached to an aromatic ring is 1. The standard InChI is InChI=1S/C14H23N3O2/c1-3-5-6-10(4-2)9-19-13-7-11(14(16)18)12(15)8-17-13/h7-8,10H,3-6,9,15H2,1-2H3,(H2,16,18). The minimum atomic E-state index is -0.567.